The quantitative estimate of drug-likeness (QED) is 0.151. The van der Waals surface area contributed by atoms with Crippen molar-refractivity contribution in [1.82, 2.24) is 4.57 Å². The number of nitrogens with zero attached hydrogens (tertiary/aromatic N) is 2. The predicted octanol–water partition coefficient (Wildman–Crippen LogP) is 21.0. The van der Waals surface area contributed by atoms with E-state index >= 15 is 0 Å². The van der Waals surface area contributed by atoms with Crippen molar-refractivity contribution < 1.29 is 0 Å². The van der Waals surface area contributed by atoms with Crippen molar-refractivity contribution in [3.8, 4) is 27.9 Å². The van der Waals surface area contributed by atoms with Crippen LogP contribution in [0.25, 0.3) is 82.1 Å². The van der Waals surface area contributed by atoms with Gasteiger partial charge in [-0.25, -0.2) is 0 Å². The number of aromatic nitrogens is 1. The highest BCUT2D eigenvalue weighted by atomic mass is 15.1. The van der Waals surface area contributed by atoms with Crippen LogP contribution in [-0.4, -0.2) is 4.57 Å². The maximum absolute atomic E-state index is 2.53. The van der Waals surface area contributed by atoms with Crippen LogP contribution in [0.1, 0.15) is 132 Å². The zero-order valence-electron chi connectivity index (χ0n) is 46.6. The third-order valence-corrected chi connectivity index (χ3v) is 15.9. The van der Waals surface area contributed by atoms with Gasteiger partial charge in [0.25, 0.3) is 0 Å². The molecule has 0 radical (unpaired) electrons. The minimum Gasteiger partial charge on any atom is -0.309 e. The van der Waals surface area contributed by atoms with Crippen molar-refractivity contribution in [2.24, 2.45) is 0 Å². The van der Waals surface area contributed by atoms with Gasteiger partial charge in [-0.1, -0.05) is 225 Å². The second kappa shape index (κ2) is 17.2. The van der Waals surface area contributed by atoms with Crippen LogP contribution in [0.15, 0.2) is 176 Å². The molecule has 1 heterocycles. The van der Waals surface area contributed by atoms with Gasteiger partial charge in [0.2, 0.25) is 0 Å². The molecule has 0 atom stereocenters. The van der Waals surface area contributed by atoms with Crippen LogP contribution in [0.4, 0.5) is 17.1 Å². The highest BCUT2D eigenvalue weighted by molar-refractivity contribution is 6.27. The minimum absolute atomic E-state index is 0.0257. The zero-order chi connectivity index (χ0) is 52.4. The molecule has 0 saturated carbocycles. The van der Waals surface area contributed by atoms with Crippen molar-refractivity contribution >= 4 is 71.2 Å². The zero-order valence-corrected chi connectivity index (χ0v) is 46.6. The van der Waals surface area contributed by atoms with Gasteiger partial charge in [0, 0.05) is 32.8 Å². The first kappa shape index (κ1) is 49.1. The molecule has 0 aliphatic rings. The molecule has 74 heavy (non-hydrogen) atoms. The van der Waals surface area contributed by atoms with E-state index in [1.165, 1.54) is 110 Å². The summed E-state index contributed by atoms with van der Waals surface area (Å²) >= 11 is 0. The molecule has 0 aliphatic carbocycles. The smallest absolute Gasteiger partial charge is 0.0543 e. The van der Waals surface area contributed by atoms with Crippen LogP contribution < -0.4 is 4.90 Å². The minimum atomic E-state index is -0.0726. The lowest BCUT2D eigenvalue weighted by molar-refractivity contribution is 0.569. The van der Waals surface area contributed by atoms with E-state index in [0.717, 1.165) is 17.1 Å². The maximum atomic E-state index is 2.53. The Labute approximate surface area is 441 Å². The average molecular weight is 967 g/mol. The Morgan fingerprint density at radius 1 is 0.311 bits per heavy atom. The molecule has 2 nitrogen and oxygen atoms in total. The van der Waals surface area contributed by atoms with E-state index in [1.807, 2.05) is 0 Å². The third kappa shape index (κ3) is 8.55. The second-order valence-electron chi connectivity index (χ2n) is 26.4. The van der Waals surface area contributed by atoms with Crippen LogP contribution in [0, 0.1) is 0 Å². The van der Waals surface area contributed by atoms with Crippen LogP contribution >= 0.6 is 0 Å². The number of rotatable bonds is 6. The molecule has 0 N–H and O–H groups in total. The molecule has 11 rings (SSSR count). The monoisotopic (exact) mass is 967 g/mol. The molecule has 0 amide bonds. The van der Waals surface area contributed by atoms with Crippen LogP contribution in [0.3, 0.4) is 0 Å². The number of hydrogen-bond donors (Lipinski definition) is 0. The number of hydrogen-bond acceptors (Lipinski definition) is 1. The van der Waals surface area contributed by atoms with Gasteiger partial charge in [-0.15, -0.1) is 0 Å². The number of para-hydroxylation sites is 1. The predicted molar refractivity (Wildman–Crippen MR) is 324 cm³/mol. The molecule has 0 spiro atoms. The molecule has 372 valence electrons. The fourth-order valence-electron chi connectivity index (χ4n) is 11.3. The molecule has 0 unspecified atom stereocenters. The van der Waals surface area contributed by atoms with Crippen molar-refractivity contribution in [3.63, 3.8) is 0 Å². The highest BCUT2D eigenvalue weighted by Gasteiger charge is 2.27. The molecular formula is C72H74N2. The fraction of sp³-hybridized carbons (Fsp3) is 0.278. The Morgan fingerprint density at radius 3 is 1.31 bits per heavy atom. The lowest BCUT2D eigenvalue weighted by Gasteiger charge is -2.31. The van der Waals surface area contributed by atoms with E-state index in [4.69, 9.17) is 0 Å². The summed E-state index contributed by atoms with van der Waals surface area (Å²) in [6, 6.07) is 67.9. The van der Waals surface area contributed by atoms with Gasteiger partial charge >= 0.3 is 0 Å². The van der Waals surface area contributed by atoms with Crippen molar-refractivity contribution in [3.05, 3.63) is 204 Å². The van der Waals surface area contributed by atoms with E-state index < -0.39 is 0 Å². The number of benzene rings is 10. The summed E-state index contributed by atoms with van der Waals surface area (Å²) in [7, 11) is 0. The van der Waals surface area contributed by atoms with Crippen LogP contribution in [0.2, 0.25) is 0 Å². The number of fused-ring (bicyclic) bond motifs is 3. The summed E-state index contributed by atoms with van der Waals surface area (Å²) in [5.74, 6) is 0. The Balaban J connectivity index is 1.13. The molecule has 2 heteroatoms. The van der Waals surface area contributed by atoms with E-state index in [9.17, 15) is 0 Å². The summed E-state index contributed by atoms with van der Waals surface area (Å²) in [6.45, 7) is 34.8. The van der Waals surface area contributed by atoms with Crippen molar-refractivity contribution in [2.45, 2.75) is 131 Å². The first-order valence-electron chi connectivity index (χ1n) is 26.9. The van der Waals surface area contributed by atoms with Crippen molar-refractivity contribution in [1.29, 1.82) is 0 Å². The Bertz CT molecular complexity index is 3840. The fourth-order valence-corrected chi connectivity index (χ4v) is 11.3. The van der Waals surface area contributed by atoms with E-state index in [-0.39, 0.29) is 27.1 Å². The lowest BCUT2D eigenvalue weighted by Crippen LogP contribution is -2.16. The molecule has 1 aromatic heterocycles. The molecule has 0 bridgehead atoms. The normalized spacial score (nSPS) is 13.1. The van der Waals surface area contributed by atoms with E-state index in [1.54, 1.807) is 0 Å². The van der Waals surface area contributed by atoms with E-state index in [2.05, 4.69) is 289 Å². The Hall–Kier alpha value is -7.16. The first-order valence-corrected chi connectivity index (χ1v) is 26.9. The second-order valence-corrected chi connectivity index (χ2v) is 26.4. The highest BCUT2D eigenvalue weighted by Crippen LogP contribution is 2.49. The SMILES string of the molecule is CC(C)(C)c1cc(-c2ccc(-c3ccc(C(C)(C)C)cc3N(c3ccccc3)c3ccc4ccc5c(-n6c7ccc(C(C)(C)C)cc7c7cc(C(C)(C)C)ccc76)ccc6ccc3c4c65)cc2)cc(C(C)(C)C)c1. The van der Waals surface area contributed by atoms with Gasteiger partial charge in [-0.3, -0.25) is 0 Å². The largest absolute Gasteiger partial charge is 0.309 e. The van der Waals surface area contributed by atoms with Gasteiger partial charge in [-0.2, -0.15) is 0 Å². The van der Waals surface area contributed by atoms with E-state index in [0.29, 0.717) is 0 Å². The number of anilines is 3. The van der Waals surface area contributed by atoms with Gasteiger partial charge < -0.3 is 9.47 Å². The average Bonchev–Trinajstić information content (AvgIpc) is 3.68. The molecule has 0 fully saturated rings. The summed E-state index contributed by atoms with van der Waals surface area (Å²) in [6.07, 6.45) is 0. The first-order chi connectivity index (χ1) is 34.8. The lowest BCUT2D eigenvalue weighted by atomic mass is 9.79. The van der Waals surface area contributed by atoms with Gasteiger partial charge in [0.1, 0.15) is 0 Å². The molecule has 0 aliphatic heterocycles. The van der Waals surface area contributed by atoms with Gasteiger partial charge in [0.15, 0.2) is 0 Å². The van der Waals surface area contributed by atoms with Gasteiger partial charge in [-0.05, 0) is 148 Å². The summed E-state index contributed by atoms with van der Waals surface area (Å²) in [4.78, 5) is 2.53. The van der Waals surface area contributed by atoms with Crippen LogP contribution in [0.5, 0.6) is 0 Å². The van der Waals surface area contributed by atoms with Crippen LogP contribution in [-0.2, 0) is 27.1 Å². The Kier molecular flexibility index (Phi) is 11.4. The summed E-state index contributed by atoms with van der Waals surface area (Å²) < 4.78 is 2.53. The topological polar surface area (TPSA) is 8.17 Å². The summed E-state index contributed by atoms with van der Waals surface area (Å²) in [5.41, 5.74) is 18.7. The molecular weight excluding hydrogens is 893 g/mol. The van der Waals surface area contributed by atoms with Crippen molar-refractivity contribution in [2.75, 3.05) is 4.90 Å². The molecule has 0 saturated heterocycles. The maximum Gasteiger partial charge on any atom is 0.0543 e. The molecule has 10 aromatic carbocycles. The molecule has 11 aromatic rings. The summed E-state index contributed by atoms with van der Waals surface area (Å²) in [5, 5.41) is 10.2. The Morgan fingerprint density at radius 2 is 0.770 bits per heavy atom. The van der Waals surface area contributed by atoms with Gasteiger partial charge in [0.05, 0.1) is 28.1 Å². The standard InChI is InChI=1S/C72H74N2/c1-68(2,3)50-30-37-63-59(42-50)60-43-51(69(4,5)6)31-38-64(60)74(63)62-36-28-48-25-32-57-61(35-27-47-26-33-58(62)67(48)66(47)57)73(55-19-17-16-18-20-55)65-44-52(70(7,8)9)29-34-56(65)46-23-21-45(22-24-46)49-39-53(71(10,11)12)41-54(40-49)72(13,14)15/h16-44H,1-15H3. The third-order valence-electron chi connectivity index (χ3n) is 15.9.